The van der Waals surface area contributed by atoms with Crippen LogP contribution < -0.4 is 0 Å². The third-order valence-electron chi connectivity index (χ3n) is 12.8. The summed E-state index contributed by atoms with van der Waals surface area (Å²) in [6.45, 7) is 0. The molecule has 0 aliphatic heterocycles. The van der Waals surface area contributed by atoms with Crippen LogP contribution in [0.4, 0.5) is 0 Å². The van der Waals surface area contributed by atoms with Gasteiger partial charge in [0, 0.05) is 58.5 Å². The largest absolute Gasteiger partial charge is 0.435 e. The molecule has 0 fully saturated rings. The highest BCUT2D eigenvalue weighted by Gasteiger charge is 2.25. The van der Waals surface area contributed by atoms with Gasteiger partial charge in [-0.25, -0.2) is 9.97 Å². The van der Waals surface area contributed by atoms with Crippen LogP contribution in [0.25, 0.3) is 132 Å². The number of benzene rings is 9. The van der Waals surface area contributed by atoms with Crippen molar-refractivity contribution in [1.82, 2.24) is 29.1 Å². The van der Waals surface area contributed by atoms with Crippen LogP contribution in [-0.2, 0) is 0 Å². The number of para-hydroxylation sites is 3. The average molecular weight is 863 g/mol. The molecule has 5 heterocycles. The van der Waals surface area contributed by atoms with E-state index in [0.29, 0.717) is 29.1 Å². The van der Waals surface area contributed by atoms with Gasteiger partial charge in [0.1, 0.15) is 5.52 Å². The molecule has 0 aliphatic rings. The van der Waals surface area contributed by atoms with Crippen LogP contribution >= 0.6 is 11.3 Å². The Morgan fingerprint density at radius 3 is 1.77 bits per heavy atom. The molecule has 14 aromatic rings. The SMILES string of the molecule is c1ccc(-c2nc(-c3cccc4nc(-c5ccccc5)oc34)nc(-n3c4ccccc4c4ccc5c6ccccc6n(-c6cccc(-c7cccc8sc9ccccc9c78)c6)c5c43)n2)cc1. The second-order valence-electron chi connectivity index (χ2n) is 16.6. The number of hydrogen-bond acceptors (Lipinski definition) is 6. The fourth-order valence-electron chi connectivity index (χ4n) is 9.94. The minimum atomic E-state index is 0.488. The summed E-state index contributed by atoms with van der Waals surface area (Å²) in [4.78, 5) is 20.9. The summed E-state index contributed by atoms with van der Waals surface area (Å²) in [5.74, 6) is 2.08. The molecule has 5 aromatic heterocycles. The van der Waals surface area contributed by atoms with Gasteiger partial charge in [-0.15, -0.1) is 11.3 Å². The van der Waals surface area contributed by atoms with Crippen molar-refractivity contribution in [2.75, 3.05) is 0 Å². The zero-order valence-corrected chi connectivity index (χ0v) is 35.9. The van der Waals surface area contributed by atoms with Crippen molar-refractivity contribution in [1.29, 1.82) is 0 Å². The highest BCUT2D eigenvalue weighted by Crippen LogP contribution is 2.44. The molecule has 0 spiro atoms. The first-order valence-electron chi connectivity index (χ1n) is 22.0. The number of nitrogens with zero attached hydrogens (tertiary/aromatic N) is 6. The van der Waals surface area contributed by atoms with E-state index in [4.69, 9.17) is 24.4 Å². The van der Waals surface area contributed by atoms with Crippen molar-refractivity contribution in [3.63, 3.8) is 0 Å². The summed E-state index contributed by atoms with van der Waals surface area (Å²) in [5.41, 5.74) is 11.4. The first kappa shape index (κ1) is 36.7. The van der Waals surface area contributed by atoms with Gasteiger partial charge in [0.15, 0.2) is 17.2 Å². The lowest BCUT2D eigenvalue weighted by Crippen LogP contribution is -2.07. The number of thiophene rings is 1. The lowest BCUT2D eigenvalue weighted by atomic mass is 9.99. The molecule has 0 radical (unpaired) electrons. The van der Waals surface area contributed by atoms with E-state index < -0.39 is 0 Å². The van der Waals surface area contributed by atoms with Crippen molar-refractivity contribution < 1.29 is 4.42 Å². The molecule has 9 aromatic carbocycles. The fourth-order valence-corrected chi connectivity index (χ4v) is 11.1. The second-order valence-corrected chi connectivity index (χ2v) is 17.7. The van der Waals surface area contributed by atoms with Gasteiger partial charge in [-0.3, -0.25) is 4.57 Å². The number of hydrogen-bond donors (Lipinski definition) is 0. The average Bonchev–Trinajstić information content (AvgIpc) is 4.16. The number of aromatic nitrogens is 6. The Morgan fingerprint density at radius 2 is 0.985 bits per heavy atom. The molecule has 8 heteroatoms. The number of fused-ring (bicyclic) bond motifs is 11. The number of oxazole rings is 1. The summed E-state index contributed by atoms with van der Waals surface area (Å²) in [6, 6.07) is 72.2. The summed E-state index contributed by atoms with van der Waals surface area (Å²) in [5, 5.41) is 7.07. The number of rotatable bonds is 6. The van der Waals surface area contributed by atoms with Crippen molar-refractivity contribution >= 4 is 86.2 Å². The smallest absolute Gasteiger partial charge is 0.238 e. The van der Waals surface area contributed by atoms with Crippen molar-refractivity contribution in [3.8, 4) is 57.0 Å². The highest BCUT2D eigenvalue weighted by molar-refractivity contribution is 7.25. The van der Waals surface area contributed by atoms with Gasteiger partial charge >= 0.3 is 0 Å². The minimum Gasteiger partial charge on any atom is -0.435 e. The van der Waals surface area contributed by atoms with E-state index in [0.717, 1.165) is 77.1 Å². The molecule has 0 saturated heterocycles. The molecule has 0 saturated carbocycles. The van der Waals surface area contributed by atoms with E-state index in [9.17, 15) is 0 Å². The zero-order valence-electron chi connectivity index (χ0n) is 35.1. The Kier molecular flexibility index (Phi) is 8.02. The summed E-state index contributed by atoms with van der Waals surface area (Å²) < 4.78 is 13.8. The Bertz CT molecular complexity index is 4240. The fraction of sp³-hybridized carbons (Fsp3) is 0. The Labute approximate surface area is 381 Å². The maximum atomic E-state index is 6.57. The molecule has 0 amide bonds. The second kappa shape index (κ2) is 14.4. The Hall–Kier alpha value is -8.72. The molecule has 66 heavy (non-hydrogen) atoms. The van der Waals surface area contributed by atoms with Crippen LogP contribution in [0.2, 0.25) is 0 Å². The molecule has 14 rings (SSSR count). The van der Waals surface area contributed by atoms with Crippen molar-refractivity contribution in [2.45, 2.75) is 0 Å². The van der Waals surface area contributed by atoms with E-state index in [2.05, 4.69) is 137 Å². The molecular weight excluding hydrogens is 829 g/mol. The Balaban J connectivity index is 1.06. The van der Waals surface area contributed by atoms with Gasteiger partial charge in [-0.2, -0.15) is 9.97 Å². The maximum absolute atomic E-state index is 6.57. The molecule has 0 bridgehead atoms. The Morgan fingerprint density at radius 1 is 0.394 bits per heavy atom. The van der Waals surface area contributed by atoms with Gasteiger partial charge < -0.3 is 8.98 Å². The summed E-state index contributed by atoms with van der Waals surface area (Å²) >= 11 is 1.85. The van der Waals surface area contributed by atoms with Gasteiger partial charge in [-0.1, -0.05) is 146 Å². The molecule has 308 valence electrons. The van der Waals surface area contributed by atoms with Gasteiger partial charge in [0.25, 0.3) is 0 Å². The predicted octanol–water partition coefficient (Wildman–Crippen LogP) is 15.2. The minimum absolute atomic E-state index is 0.488. The van der Waals surface area contributed by atoms with Crippen LogP contribution in [0.5, 0.6) is 0 Å². The first-order valence-corrected chi connectivity index (χ1v) is 22.8. The standard InChI is InChI=1S/C58H34N6OS/c1-3-16-35(17-4-1)55-60-56(45-26-14-27-46-54(45)65-57(59-46)36-18-5-2-6-19-36)62-58(61-55)64-48-29-11-8-23-41(48)43-33-32-42-40-22-7-10-28-47(40)63(52(42)53(43)64)38-21-13-20-37(34-38)39-25-15-31-50-51(39)44-24-9-12-30-49(44)66-50/h1-34H. The highest BCUT2D eigenvalue weighted by atomic mass is 32.1. The normalized spacial score (nSPS) is 11.9. The molecular formula is C58H34N6OS. The third kappa shape index (κ3) is 5.55. The van der Waals surface area contributed by atoms with Crippen LogP contribution in [0, 0.1) is 0 Å². The van der Waals surface area contributed by atoms with E-state index in [1.165, 1.54) is 25.7 Å². The van der Waals surface area contributed by atoms with Crippen LogP contribution in [-0.4, -0.2) is 29.1 Å². The van der Waals surface area contributed by atoms with E-state index in [1.807, 2.05) is 90.2 Å². The lowest BCUT2D eigenvalue weighted by molar-refractivity contribution is 0.620. The molecule has 0 unspecified atom stereocenters. The van der Waals surface area contributed by atoms with E-state index in [1.54, 1.807) is 0 Å². The molecule has 0 aliphatic carbocycles. The van der Waals surface area contributed by atoms with Crippen LogP contribution in [0.1, 0.15) is 0 Å². The van der Waals surface area contributed by atoms with Crippen molar-refractivity contribution in [2.24, 2.45) is 0 Å². The maximum Gasteiger partial charge on any atom is 0.238 e. The summed E-state index contributed by atoms with van der Waals surface area (Å²) in [6.07, 6.45) is 0. The molecule has 7 nitrogen and oxygen atoms in total. The molecule has 0 N–H and O–H groups in total. The van der Waals surface area contributed by atoms with Crippen LogP contribution in [0.3, 0.4) is 0 Å². The monoisotopic (exact) mass is 862 g/mol. The van der Waals surface area contributed by atoms with Gasteiger partial charge in [0.05, 0.1) is 27.6 Å². The van der Waals surface area contributed by atoms with Gasteiger partial charge in [0.2, 0.25) is 11.8 Å². The van der Waals surface area contributed by atoms with Gasteiger partial charge in [-0.05, 0) is 71.8 Å². The third-order valence-corrected chi connectivity index (χ3v) is 14.0. The van der Waals surface area contributed by atoms with E-state index in [-0.39, 0.29) is 0 Å². The predicted molar refractivity (Wildman–Crippen MR) is 271 cm³/mol. The quantitative estimate of drug-likeness (QED) is 0.166. The van der Waals surface area contributed by atoms with E-state index >= 15 is 0 Å². The van der Waals surface area contributed by atoms with Crippen LogP contribution in [0.15, 0.2) is 211 Å². The first-order chi connectivity index (χ1) is 32.7. The molecule has 0 atom stereocenters. The van der Waals surface area contributed by atoms with Crippen molar-refractivity contribution in [3.05, 3.63) is 206 Å². The zero-order chi connectivity index (χ0) is 43.3. The summed E-state index contributed by atoms with van der Waals surface area (Å²) in [7, 11) is 0. The topological polar surface area (TPSA) is 74.6 Å². The lowest BCUT2D eigenvalue weighted by Gasteiger charge is -2.14.